The number of carboxylic acids is 1. The summed E-state index contributed by atoms with van der Waals surface area (Å²) in [5.41, 5.74) is 2.71. The second-order valence-electron chi connectivity index (χ2n) is 8.21. The fourth-order valence-electron chi connectivity index (χ4n) is 3.16. The van der Waals surface area contributed by atoms with Crippen molar-refractivity contribution in [3.8, 4) is 11.5 Å². The third-order valence-electron chi connectivity index (χ3n) is 4.71. The number of oxazole rings is 1. The molecule has 0 fully saturated rings. The normalized spacial score (nSPS) is 11.6. The van der Waals surface area contributed by atoms with E-state index < -0.39 is 5.97 Å². The van der Waals surface area contributed by atoms with Crippen LogP contribution in [-0.2, 0) is 22.7 Å². The Kier molecular flexibility index (Phi) is 7.20. The maximum atomic E-state index is 13.0. The van der Waals surface area contributed by atoms with Crippen LogP contribution in [0.5, 0.6) is 0 Å². The molecule has 6 nitrogen and oxygen atoms in total. The van der Waals surface area contributed by atoms with Gasteiger partial charge in [-0.2, -0.15) is 0 Å². The average molecular weight is 427 g/mol. The van der Waals surface area contributed by atoms with Gasteiger partial charge in [0.05, 0.1) is 32.0 Å². The van der Waals surface area contributed by atoms with Crippen molar-refractivity contribution < 1.29 is 28.2 Å². The molecule has 2 aromatic carbocycles. The van der Waals surface area contributed by atoms with Crippen molar-refractivity contribution >= 4 is 5.97 Å². The molecule has 0 aliphatic rings. The number of hydrogen-bond acceptors (Lipinski definition) is 5. The predicted octanol–water partition coefficient (Wildman–Crippen LogP) is 5.25. The quantitative estimate of drug-likeness (QED) is 0.476. The zero-order valence-corrected chi connectivity index (χ0v) is 17.9. The van der Waals surface area contributed by atoms with Crippen LogP contribution in [0.3, 0.4) is 0 Å². The fourth-order valence-corrected chi connectivity index (χ4v) is 3.16. The number of aryl methyl sites for hydroxylation is 1. The Morgan fingerprint density at radius 1 is 1.10 bits per heavy atom. The second kappa shape index (κ2) is 9.85. The van der Waals surface area contributed by atoms with Crippen molar-refractivity contribution in [2.24, 2.45) is 5.41 Å². The molecule has 7 heteroatoms. The first-order chi connectivity index (χ1) is 14.7. The molecule has 0 saturated heterocycles. The number of nitrogens with zero attached hydrogens (tertiary/aromatic N) is 1. The van der Waals surface area contributed by atoms with Gasteiger partial charge in [-0.15, -0.1) is 0 Å². The number of benzene rings is 2. The van der Waals surface area contributed by atoms with Crippen molar-refractivity contribution in [1.29, 1.82) is 0 Å². The van der Waals surface area contributed by atoms with E-state index in [-0.39, 0.29) is 24.4 Å². The lowest BCUT2D eigenvalue weighted by Gasteiger charge is -2.24. The van der Waals surface area contributed by atoms with Crippen molar-refractivity contribution in [1.82, 2.24) is 4.98 Å². The monoisotopic (exact) mass is 427 g/mol. The zero-order valence-electron chi connectivity index (χ0n) is 17.9. The molecule has 3 aromatic rings. The van der Waals surface area contributed by atoms with Gasteiger partial charge in [-0.05, 0) is 42.3 Å². The van der Waals surface area contributed by atoms with E-state index in [1.165, 1.54) is 18.4 Å². The number of aromatic nitrogens is 1. The Morgan fingerprint density at radius 3 is 2.45 bits per heavy atom. The first-order valence-electron chi connectivity index (χ1n) is 9.93. The van der Waals surface area contributed by atoms with Gasteiger partial charge in [0.1, 0.15) is 17.8 Å². The summed E-state index contributed by atoms with van der Waals surface area (Å²) in [4.78, 5) is 15.8. The maximum Gasteiger partial charge on any atom is 0.336 e. The lowest BCUT2D eigenvalue weighted by Crippen LogP contribution is -2.25. The van der Waals surface area contributed by atoms with Gasteiger partial charge < -0.3 is 19.0 Å². The molecular formula is C24H26FNO5. The molecule has 164 valence electrons. The van der Waals surface area contributed by atoms with E-state index in [2.05, 4.69) is 4.98 Å². The minimum absolute atomic E-state index is 0.219. The second-order valence-corrected chi connectivity index (χ2v) is 8.21. The van der Waals surface area contributed by atoms with Crippen LogP contribution in [0.4, 0.5) is 4.39 Å². The zero-order chi connectivity index (χ0) is 22.4. The summed E-state index contributed by atoms with van der Waals surface area (Å²) in [5.74, 6) is -0.856. The van der Waals surface area contributed by atoms with E-state index >= 15 is 0 Å². The molecule has 0 unspecified atom stereocenters. The molecule has 0 amide bonds. The molecule has 1 aromatic heterocycles. The Labute approximate surface area is 180 Å². The highest BCUT2D eigenvalue weighted by Crippen LogP contribution is 2.22. The predicted molar refractivity (Wildman–Crippen MR) is 113 cm³/mol. The fraction of sp³-hybridized carbons (Fsp3) is 0.333. The molecule has 0 aliphatic heterocycles. The molecule has 3 rings (SSSR count). The van der Waals surface area contributed by atoms with Crippen molar-refractivity contribution in [2.75, 3.05) is 13.2 Å². The van der Waals surface area contributed by atoms with Gasteiger partial charge in [0.25, 0.3) is 0 Å². The molecule has 0 aliphatic carbocycles. The first-order valence-corrected chi connectivity index (χ1v) is 9.93. The van der Waals surface area contributed by atoms with E-state index in [4.69, 9.17) is 13.9 Å². The van der Waals surface area contributed by atoms with Crippen LogP contribution in [0.1, 0.15) is 41.0 Å². The topological polar surface area (TPSA) is 81.8 Å². The summed E-state index contributed by atoms with van der Waals surface area (Å²) in [6.45, 7) is 7.11. The molecular weight excluding hydrogens is 401 g/mol. The van der Waals surface area contributed by atoms with Crippen LogP contribution in [0, 0.1) is 18.2 Å². The minimum Gasteiger partial charge on any atom is -0.478 e. The van der Waals surface area contributed by atoms with Crippen molar-refractivity contribution in [3.05, 3.63) is 76.9 Å². The highest BCUT2D eigenvalue weighted by atomic mass is 19.1. The Balaban J connectivity index is 1.47. The van der Waals surface area contributed by atoms with Crippen LogP contribution < -0.4 is 0 Å². The Hall–Kier alpha value is -3.03. The third-order valence-corrected chi connectivity index (χ3v) is 4.71. The number of aromatic carboxylic acids is 1. The first kappa shape index (κ1) is 22.7. The van der Waals surface area contributed by atoms with Crippen LogP contribution in [-0.4, -0.2) is 29.3 Å². The lowest BCUT2D eigenvalue weighted by molar-refractivity contribution is -0.0151. The number of hydrogen-bond donors (Lipinski definition) is 1. The number of halogens is 1. The summed E-state index contributed by atoms with van der Waals surface area (Å²) in [5, 5.41) is 9.41. The van der Waals surface area contributed by atoms with Crippen LogP contribution in [0.25, 0.3) is 11.5 Å². The third kappa shape index (κ3) is 6.23. The standard InChI is InChI=1S/C24H26FNO5/c1-16-5-4-6-18(21(16)23(27)28)11-29-14-24(2,3)15-30-12-20-13-31-22(26-20)17-7-9-19(25)10-8-17/h4-10,13H,11-12,14-15H2,1-3H3,(H,27,28). The summed E-state index contributed by atoms with van der Waals surface area (Å²) in [6.07, 6.45) is 1.52. The molecule has 31 heavy (non-hydrogen) atoms. The van der Waals surface area contributed by atoms with Crippen molar-refractivity contribution in [3.63, 3.8) is 0 Å². The maximum absolute atomic E-state index is 13.0. The Bertz CT molecular complexity index is 1030. The molecule has 1 heterocycles. The molecule has 0 radical (unpaired) electrons. The van der Waals surface area contributed by atoms with Gasteiger partial charge in [0.2, 0.25) is 5.89 Å². The van der Waals surface area contributed by atoms with Gasteiger partial charge in [-0.3, -0.25) is 0 Å². The highest BCUT2D eigenvalue weighted by Gasteiger charge is 2.20. The van der Waals surface area contributed by atoms with Crippen LogP contribution >= 0.6 is 0 Å². The summed E-state index contributed by atoms with van der Waals surface area (Å²) < 4.78 is 30.1. The van der Waals surface area contributed by atoms with Crippen LogP contribution in [0.2, 0.25) is 0 Å². The van der Waals surface area contributed by atoms with E-state index in [9.17, 15) is 14.3 Å². The number of ether oxygens (including phenoxy) is 2. The lowest BCUT2D eigenvalue weighted by atomic mass is 9.96. The van der Waals surface area contributed by atoms with Gasteiger partial charge in [-0.1, -0.05) is 32.0 Å². The summed E-state index contributed by atoms with van der Waals surface area (Å²) in [7, 11) is 0. The minimum atomic E-state index is -0.952. The van der Waals surface area contributed by atoms with Gasteiger partial charge in [0.15, 0.2) is 0 Å². The number of carbonyl (C=O) groups is 1. The van der Waals surface area contributed by atoms with Crippen molar-refractivity contribution in [2.45, 2.75) is 34.0 Å². The average Bonchev–Trinajstić information content (AvgIpc) is 3.17. The Morgan fingerprint density at radius 2 is 1.77 bits per heavy atom. The SMILES string of the molecule is Cc1cccc(COCC(C)(C)COCc2coc(-c3ccc(F)cc3)n2)c1C(=O)O. The van der Waals surface area contributed by atoms with E-state index in [0.29, 0.717) is 47.1 Å². The molecule has 0 spiro atoms. The van der Waals surface area contributed by atoms with E-state index in [1.54, 1.807) is 31.2 Å². The number of carboxylic acid groups (broad SMARTS) is 1. The van der Waals surface area contributed by atoms with Crippen LogP contribution in [0.15, 0.2) is 53.1 Å². The van der Waals surface area contributed by atoms with E-state index in [1.807, 2.05) is 19.9 Å². The summed E-state index contributed by atoms with van der Waals surface area (Å²) >= 11 is 0. The van der Waals surface area contributed by atoms with E-state index in [0.717, 1.165) is 0 Å². The highest BCUT2D eigenvalue weighted by molar-refractivity contribution is 5.91. The molecule has 0 saturated carbocycles. The number of rotatable bonds is 10. The van der Waals surface area contributed by atoms with Gasteiger partial charge in [-0.25, -0.2) is 14.2 Å². The van der Waals surface area contributed by atoms with Gasteiger partial charge in [0, 0.05) is 11.0 Å². The summed E-state index contributed by atoms with van der Waals surface area (Å²) in [6, 6.07) is 11.3. The largest absolute Gasteiger partial charge is 0.478 e. The molecule has 0 atom stereocenters. The molecule has 0 bridgehead atoms. The van der Waals surface area contributed by atoms with Gasteiger partial charge >= 0.3 is 5.97 Å². The smallest absolute Gasteiger partial charge is 0.336 e. The molecule has 1 N–H and O–H groups in total.